The Hall–Kier alpha value is -4.50. The summed E-state index contributed by atoms with van der Waals surface area (Å²) in [6.07, 6.45) is 1.62. The number of hydrogen-bond donors (Lipinski definition) is 1. The van der Waals surface area contributed by atoms with Gasteiger partial charge in [0.1, 0.15) is 29.7 Å². The first kappa shape index (κ1) is 25.2. The number of ketones is 1. The molecule has 0 aliphatic carbocycles. The number of halogens is 1. The molecule has 1 unspecified atom stereocenters. The van der Waals surface area contributed by atoms with Gasteiger partial charge in [0.25, 0.3) is 5.78 Å². The van der Waals surface area contributed by atoms with Gasteiger partial charge in [-0.15, -0.1) is 0 Å². The summed E-state index contributed by atoms with van der Waals surface area (Å²) in [7, 11) is 0. The third-order valence-corrected chi connectivity index (χ3v) is 7.01. The fourth-order valence-electron chi connectivity index (χ4n) is 4.27. The first-order valence-corrected chi connectivity index (χ1v) is 12.7. The van der Waals surface area contributed by atoms with E-state index in [1.165, 1.54) is 23.1 Å². The van der Waals surface area contributed by atoms with Gasteiger partial charge in [-0.05, 0) is 67.1 Å². The first-order valence-electron chi connectivity index (χ1n) is 11.8. The predicted molar refractivity (Wildman–Crippen MR) is 144 cm³/mol. The molecule has 1 N–H and O–H groups in total. The number of nitrogens with zero attached hydrogens (tertiary/aromatic N) is 2. The van der Waals surface area contributed by atoms with Crippen LogP contribution in [0.2, 0.25) is 0 Å². The van der Waals surface area contributed by atoms with Crippen molar-refractivity contribution in [3.05, 3.63) is 102 Å². The molecule has 2 heterocycles. The largest absolute Gasteiger partial charge is 0.507 e. The predicted octanol–water partition coefficient (Wildman–Crippen LogP) is 6.03. The monoisotopic (exact) mass is 530 g/mol. The van der Waals surface area contributed by atoms with E-state index in [2.05, 4.69) is 11.6 Å². The number of aliphatic hydroxyl groups is 1. The Labute approximate surface area is 222 Å². The molecular weight excluding hydrogens is 507 g/mol. The Morgan fingerprint density at radius 2 is 1.76 bits per heavy atom. The minimum absolute atomic E-state index is 0.0793. The summed E-state index contributed by atoms with van der Waals surface area (Å²) < 4.78 is 25.4. The third kappa shape index (κ3) is 4.64. The van der Waals surface area contributed by atoms with Crippen LogP contribution >= 0.6 is 11.3 Å². The maximum absolute atomic E-state index is 13.8. The molecule has 1 fully saturated rings. The molecule has 192 valence electrons. The standard InChI is InChI=1S/C29H23FN2O5S/c1-3-15-37-21-10-5-17(6-11-21)25-24(26(33)18-7-12-20(13-8-18)36-4-2)27(34)28(35)32(25)29-31-22-14-9-19(30)16-23(22)38-29/h3,5-14,16,25,33H,1,4,15H2,2H3. The Kier molecular flexibility index (Phi) is 6.93. The summed E-state index contributed by atoms with van der Waals surface area (Å²) in [6.45, 7) is 6.30. The van der Waals surface area contributed by atoms with Crippen LogP contribution in [-0.4, -0.2) is 35.0 Å². The third-order valence-electron chi connectivity index (χ3n) is 5.99. The number of thiazole rings is 1. The highest BCUT2D eigenvalue weighted by molar-refractivity contribution is 7.22. The summed E-state index contributed by atoms with van der Waals surface area (Å²) in [6, 6.07) is 16.6. The molecule has 1 aliphatic heterocycles. The zero-order valence-electron chi connectivity index (χ0n) is 20.4. The van der Waals surface area contributed by atoms with Crippen LogP contribution in [0, 0.1) is 5.82 Å². The van der Waals surface area contributed by atoms with Crippen molar-refractivity contribution in [2.75, 3.05) is 18.1 Å². The molecule has 1 aliphatic rings. The number of rotatable bonds is 8. The molecule has 0 spiro atoms. The maximum Gasteiger partial charge on any atom is 0.301 e. The normalized spacial score (nSPS) is 16.7. The van der Waals surface area contributed by atoms with Gasteiger partial charge in [0, 0.05) is 5.56 Å². The number of hydrogen-bond acceptors (Lipinski definition) is 7. The highest BCUT2D eigenvalue weighted by Crippen LogP contribution is 2.44. The Balaban J connectivity index is 1.65. The van der Waals surface area contributed by atoms with E-state index in [0.29, 0.717) is 46.1 Å². The quantitative estimate of drug-likeness (QED) is 0.130. The second-order valence-electron chi connectivity index (χ2n) is 8.40. The van der Waals surface area contributed by atoms with Crippen molar-refractivity contribution >= 4 is 44.1 Å². The lowest BCUT2D eigenvalue weighted by Gasteiger charge is -2.23. The van der Waals surface area contributed by atoms with E-state index in [-0.39, 0.29) is 16.5 Å². The van der Waals surface area contributed by atoms with Gasteiger partial charge in [0.15, 0.2) is 5.13 Å². The van der Waals surface area contributed by atoms with E-state index in [9.17, 15) is 19.1 Å². The van der Waals surface area contributed by atoms with E-state index in [0.717, 1.165) is 11.3 Å². The van der Waals surface area contributed by atoms with Crippen molar-refractivity contribution in [2.45, 2.75) is 13.0 Å². The molecule has 0 saturated carbocycles. The number of amides is 1. The van der Waals surface area contributed by atoms with Crippen molar-refractivity contribution in [2.24, 2.45) is 0 Å². The number of aromatic nitrogens is 1. The average molecular weight is 531 g/mol. The van der Waals surface area contributed by atoms with E-state index < -0.39 is 23.5 Å². The van der Waals surface area contributed by atoms with E-state index >= 15 is 0 Å². The summed E-state index contributed by atoms with van der Waals surface area (Å²) in [5, 5.41) is 11.5. The highest BCUT2D eigenvalue weighted by atomic mass is 32.1. The number of aliphatic hydroxyl groups excluding tert-OH is 1. The van der Waals surface area contributed by atoms with Gasteiger partial charge in [-0.1, -0.05) is 36.1 Å². The second kappa shape index (κ2) is 10.5. The van der Waals surface area contributed by atoms with Crippen molar-refractivity contribution in [1.29, 1.82) is 0 Å². The molecular formula is C29H23FN2O5S. The second-order valence-corrected chi connectivity index (χ2v) is 9.41. The number of Topliss-reactive ketones (excluding diaryl/α,β-unsaturated/α-hetero) is 1. The zero-order valence-corrected chi connectivity index (χ0v) is 21.2. The van der Waals surface area contributed by atoms with Crippen LogP contribution in [0.4, 0.5) is 9.52 Å². The van der Waals surface area contributed by atoms with E-state index in [4.69, 9.17) is 9.47 Å². The van der Waals surface area contributed by atoms with Gasteiger partial charge >= 0.3 is 5.91 Å². The Morgan fingerprint density at radius 1 is 1.08 bits per heavy atom. The number of anilines is 1. The fourth-order valence-corrected chi connectivity index (χ4v) is 5.28. The van der Waals surface area contributed by atoms with Gasteiger partial charge in [0.2, 0.25) is 0 Å². The minimum atomic E-state index is -0.972. The number of ether oxygens (including phenoxy) is 2. The van der Waals surface area contributed by atoms with Gasteiger partial charge in [-0.3, -0.25) is 14.5 Å². The molecule has 7 nitrogen and oxygen atoms in total. The number of fused-ring (bicyclic) bond motifs is 1. The van der Waals surface area contributed by atoms with Crippen molar-refractivity contribution in [1.82, 2.24) is 4.98 Å². The molecule has 1 atom stereocenters. The van der Waals surface area contributed by atoms with Crippen molar-refractivity contribution in [3.8, 4) is 11.5 Å². The lowest BCUT2D eigenvalue weighted by Crippen LogP contribution is -2.29. The molecule has 0 bridgehead atoms. The number of benzene rings is 3. The molecule has 5 rings (SSSR count). The van der Waals surface area contributed by atoms with E-state index in [1.807, 2.05) is 6.92 Å². The molecule has 38 heavy (non-hydrogen) atoms. The molecule has 1 saturated heterocycles. The molecule has 3 aromatic carbocycles. The van der Waals surface area contributed by atoms with Crippen LogP contribution in [0.1, 0.15) is 24.1 Å². The number of carbonyl (C=O) groups is 2. The van der Waals surface area contributed by atoms with Crippen molar-refractivity contribution < 1.29 is 28.6 Å². The zero-order chi connectivity index (χ0) is 26.8. The topological polar surface area (TPSA) is 89.0 Å². The van der Waals surface area contributed by atoms with Crippen LogP contribution < -0.4 is 14.4 Å². The van der Waals surface area contributed by atoms with Crippen LogP contribution in [0.25, 0.3) is 16.0 Å². The summed E-state index contributed by atoms with van der Waals surface area (Å²) in [4.78, 5) is 32.5. The van der Waals surface area contributed by atoms with Crippen LogP contribution in [0.15, 0.2) is 85.0 Å². The van der Waals surface area contributed by atoms with Gasteiger partial charge in [-0.25, -0.2) is 9.37 Å². The van der Waals surface area contributed by atoms with Crippen LogP contribution in [0.5, 0.6) is 11.5 Å². The SMILES string of the molecule is C=CCOc1ccc(C2C(=C(O)c3ccc(OCC)cc3)C(=O)C(=O)N2c2nc3ccc(F)cc3s2)cc1. The van der Waals surface area contributed by atoms with Crippen LogP contribution in [0.3, 0.4) is 0 Å². The van der Waals surface area contributed by atoms with Gasteiger partial charge in [0.05, 0.1) is 28.4 Å². The number of carbonyl (C=O) groups excluding carboxylic acids is 2. The lowest BCUT2D eigenvalue weighted by molar-refractivity contribution is -0.132. The van der Waals surface area contributed by atoms with Gasteiger partial charge in [-0.2, -0.15) is 0 Å². The fraction of sp³-hybridized carbons (Fsp3) is 0.138. The molecule has 1 amide bonds. The molecule has 1 aromatic heterocycles. The van der Waals surface area contributed by atoms with Crippen LogP contribution in [-0.2, 0) is 9.59 Å². The first-order chi connectivity index (χ1) is 18.4. The highest BCUT2D eigenvalue weighted by Gasteiger charge is 2.48. The van der Waals surface area contributed by atoms with E-state index in [1.54, 1.807) is 54.6 Å². The lowest BCUT2D eigenvalue weighted by atomic mass is 9.95. The smallest absolute Gasteiger partial charge is 0.301 e. The molecule has 4 aromatic rings. The Morgan fingerprint density at radius 3 is 2.45 bits per heavy atom. The maximum atomic E-state index is 13.8. The summed E-state index contributed by atoms with van der Waals surface area (Å²) >= 11 is 1.09. The van der Waals surface area contributed by atoms with Crippen molar-refractivity contribution in [3.63, 3.8) is 0 Å². The minimum Gasteiger partial charge on any atom is -0.507 e. The molecule has 0 radical (unpaired) electrons. The summed E-state index contributed by atoms with van der Waals surface area (Å²) in [5.41, 5.74) is 1.33. The summed E-state index contributed by atoms with van der Waals surface area (Å²) in [5.74, 6) is -1.26. The van der Waals surface area contributed by atoms with Gasteiger partial charge < -0.3 is 14.6 Å². The Bertz CT molecular complexity index is 1560. The molecule has 9 heteroatoms. The average Bonchev–Trinajstić information content (AvgIpc) is 3.45.